The first kappa shape index (κ1) is 16.4. The minimum atomic E-state index is -0.137. The van der Waals surface area contributed by atoms with Gasteiger partial charge in [0.05, 0.1) is 12.0 Å². The quantitative estimate of drug-likeness (QED) is 0.758. The zero-order valence-electron chi connectivity index (χ0n) is 13.7. The molecule has 1 N–H and O–H groups in total. The number of carbonyl (C=O) groups excluding carboxylic acids is 1. The van der Waals surface area contributed by atoms with Gasteiger partial charge in [-0.15, -0.1) is 11.3 Å². The van der Waals surface area contributed by atoms with E-state index in [0.717, 1.165) is 5.69 Å². The summed E-state index contributed by atoms with van der Waals surface area (Å²) in [5, 5.41) is 9.19. The molecule has 3 heterocycles. The molecule has 0 bridgehead atoms. The summed E-state index contributed by atoms with van der Waals surface area (Å²) in [5.74, 6) is 1.17. The number of hydrogen-bond donors (Lipinski definition) is 1. The number of amides is 1. The molecule has 3 aromatic heterocycles. The third-order valence-corrected chi connectivity index (χ3v) is 4.05. The summed E-state index contributed by atoms with van der Waals surface area (Å²) in [6.45, 7) is 6.25. The lowest BCUT2D eigenvalue weighted by atomic mass is 9.93. The standard InChI is InChI=1S/C16H18N4O3S/c1-16(2,3)11-9-24-15(17-11)18-12(21)6-7-13-19-14(20-23-13)10-5-4-8-22-10/h4-5,8-9H,6-7H2,1-3H3,(H,17,18,21). The molecule has 3 rings (SSSR count). The predicted molar refractivity (Wildman–Crippen MR) is 89.8 cm³/mol. The van der Waals surface area contributed by atoms with E-state index in [1.165, 1.54) is 11.3 Å². The van der Waals surface area contributed by atoms with Crippen LogP contribution in [0.2, 0.25) is 0 Å². The minimum Gasteiger partial charge on any atom is -0.461 e. The second-order valence-electron chi connectivity index (χ2n) is 6.33. The van der Waals surface area contributed by atoms with Crippen LogP contribution in [0.15, 0.2) is 32.7 Å². The van der Waals surface area contributed by atoms with E-state index in [9.17, 15) is 4.79 Å². The number of furan rings is 1. The van der Waals surface area contributed by atoms with Crippen LogP contribution in [-0.4, -0.2) is 21.0 Å². The van der Waals surface area contributed by atoms with Crippen molar-refractivity contribution in [3.05, 3.63) is 35.4 Å². The third kappa shape index (κ3) is 3.88. The second-order valence-corrected chi connectivity index (χ2v) is 7.18. The first-order chi connectivity index (χ1) is 11.4. The Morgan fingerprint density at radius 1 is 1.33 bits per heavy atom. The summed E-state index contributed by atoms with van der Waals surface area (Å²) in [4.78, 5) is 20.7. The van der Waals surface area contributed by atoms with E-state index >= 15 is 0 Å². The third-order valence-electron chi connectivity index (χ3n) is 3.29. The van der Waals surface area contributed by atoms with Gasteiger partial charge in [0.15, 0.2) is 10.9 Å². The van der Waals surface area contributed by atoms with Crippen molar-refractivity contribution >= 4 is 22.4 Å². The van der Waals surface area contributed by atoms with Gasteiger partial charge in [-0.2, -0.15) is 4.98 Å². The summed E-state index contributed by atoms with van der Waals surface area (Å²) in [5.41, 5.74) is 0.925. The van der Waals surface area contributed by atoms with Crippen molar-refractivity contribution in [1.29, 1.82) is 0 Å². The number of nitrogens with zero attached hydrogens (tertiary/aromatic N) is 3. The summed E-state index contributed by atoms with van der Waals surface area (Å²) in [6, 6.07) is 3.50. The molecule has 0 aliphatic rings. The molecule has 0 saturated carbocycles. The Morgan fingerprint density at radius 3 is 2.83 bits per heavy atom. The molecule has 8 heteroatoms. The summed E-state index contributed by atoms with van der Waals surface area (Å²) in [7, 11) is 0. The molecule has 1 amide bonds. The van der Waals surface area contributed by atoms with Gasteiger partial charge < -0.3 is 14.3 Å². The lowest BCUT2D eigenvalue weighted by Gasteiger charge is -2.14. The van der Waals surface area contributed by atoms with Crippen molar-refractivity contribution in [3.63, 3.8) is 0 Å². The van der Waals surface area contributed by atoms with Gasteiger partial charge in [0.2, 0.25) is 17.6 Å². The first-order valence-corrected chi connectivity index (χ1v) is 8.42. The molecule has 24 heavy (non-hydrogen) atoms. The van der Waals surface area contributed by atoms with Crippen LogP contribution in [-0.2, 0) is 16.6 Å². The van der Waals surface area contributed by atoms with Gasteiger partial charge in [-0.25, -0.2) is 4.98 Å². The molecule has 126 valence electrons. The molecule has 0 atom stereocenters. The molecule has 7 nitrogen and oxygen atoms in total. The van der Waals surface area contributed by atoms with E-state index in [0.29, 0.717) is 29.0 Å². The number of aromatic nitrogens is 3. The summed E-state index contributed by atoms with van der Waals surface area (Å²) < 4.78 is 10.3. The largest absolute Gasteiger partial charge is 0.461 e. The molecular weight excluding hydrogens is 328 g/mol. The molecule has 0 unspecified atom stereocenters. The second kappa shape index (κ2) is 6.56. The molecule has 0 radical (unpaired) electrons. The van der Waals surface area contributed by atoms with Crippen molar-refractivity contribution in [2.75, 3.05) is 5.32 Å². The van der Waals surface area contributed by atoms with E-state index in [2.05, 4.69) is 41.2 Å². The van der Waals surface area contributed by atoms with Gasteiger partial charge in [-0.05, 0) is 12.1 Å². The molecule has 0 fully saturated rings. The Kier molecular flexibility index (Phi) is 4.48. The van der Waals surface area contributed by atoms with Crippen molar-refractivity contribution in [3.8, 4) is 11.6 Å². The number of rotatable bonds is 5. The predicted octanol–water partition coefficient (Wildman–Crippen LogP) is 3.65. The zero-order chi connectivity index (χ0) is 17.2. The number of thiazole rings is 1. The Bertz CT molecular complexity index is 815. The highest BCUT2D eigenvalue weighted by molar-refractivity contribution is 7.13. The molecule has 0 aliphatic heterocycles. The Labute approximate surface area is 143 Å². The lowest BCUT2D eigenvalue weighted by molar-refractivity contribution is -0.116. The molecule has 0 aromatic carbocycles. The Balaban J connectivity index is 1.53. The summed E-state index contributed by atoms with van der Waals surface area (Å²) in [6.07, 6.45) is 2.14. The number of nitrogens with one attached hydrogen (secondary N) is 1. The minimum absolute atomic E-state index is 0.0362. The fraction of sp³-hybridized carbons (Fsp3) is 0.375. The summed E-state index contributed by atoms with van der Waals surface area (Å²) >= 11 is 1.42. The molecular formula is C16H18N4O3S. The van der Waals surface area contributed by atoms with Crippen LogP contribution in [0.3, 0.4) is 0 Å². The van der Waals surface area contributed by atoms with Crippen LogP contribution in [0, 0.1) is 0 Å². The average molecular weight is 346 g/mol. The van der Waals surface area contributed by atoms with Gasteiger partial charge in [0.1, 0.15) is 0 Å². The topological polar surface area (TPSA) is 94.1 Å². The fourth-order valence-electron chi connectivity index (χ4n) is 1.94. The van der Waals surface area contributed by atoms with Crippen LogP contribution in [0.4, 0.5) is 5.13 Å². The number of anilines is 1. The number of hydrogen-bond acceptors (Lipinski definition) is 7. The Morgan fingerprint density at radius 2 is 2.17 bits per heavy atom. The van der Waals surface area contributed by atoms with Gasteiger partial charge in [-0.1, -0.05) is 25.9 Å². The van der Waals surface area contributed by atoms with Crippen LogP contribution >= 0.6 is 11.3 Å². The van der Waals surface area contributed by atoms with E-state index in [-0.39, 0.29) is 17.7 Å². The maximum absolute atomic E-state index is 12.0. The highest BCUT2D eigenvalue weighted by Gasteiger charge is 2.18. The van der Waals surface area contributed by atoms with Crippen molar-refractivity contribution < 1.29 is 13.7 Å². The fourth-order valence-corrected chi connectivity index (χ4v) is 2.89. The normalized spacial score (nSPS) is 11.6. The zero-order valence-corrected chi connectivity index (χ0v) is 14.5. The van der Waals surface area contributed by atoms with Gasteiger partial charge >= 0.3 is 0 Å². The smallest absolute Gasteiger partial charge is 0.238 e. The number of carbonyl (C=O) groups is 1. The van der Waals surface area contributed by atoms with E-state index in [4.69, 9.17) is 8.94 Å². The van der Waals surface area contributed by atoms with E-state index in [1.807, 2.05) is 5.38 Å². The maximum Gasteiger partial charge on any atom is 0.238 e. The molecule has 0 aliphatic carbocycles. The van der Waals surface area contributed by atoms with Crippen molar-refractivity contribution in [2.45, 2.75) is 39.0 Å². The van der Waals surface area contributed by atoms with Crippen LogP contribution in [0.5, 0.6) is 0 Å². The van der Waals surface area contributed by atoms with Gasteiger partial charge in [0.25, 0.3) is 0 Å². The van der Waals surface area contributed by atoms with Crippen molar-refractivity contribution in [2.24, 2.45) is 0 Å². The van der Waals surface area contributed by atoms with E-state index in [1.54, 1.807) is 18.4 Å². The molecule has 3 aromatic rings. The Hall–Kier alpha value is -2.48. The van der Waals surface area contributed by atoms with E-state index < -0.39 is 0 Å². The maximum atomic E-state index is 12.0. The first-order valence-electron chi connectivity index (χ1n) is 7.54. The SMILES string of the molecule is CC(C)(C)c1csc(NC(=O)CCc2nc(-c3ccco3)no2)n1. The van der Waals surface area contributed by atoms with Gasteiger partial charge in [-0.3, -0.25) is 4.79 Å². The molecule has 0 spiro atoms. The number of aryl methyl sites for hydroxylation is 1. The van der Waals surface area contributed by atoms with Crippen molar-refractivity contribution in [1.82, 2.24) is 15.1 Å². The highest BCUT2D eigenvalue weighted by atomic mass is 32.1. The highest BCUT2D eigenvalue weighted by Crippen LogP contribution is 2.26. The van der Waals surface area contributed by atoms with Crippen LogP contribution in [0.25, 0.3) is 11.6 Å². The van der Waals surface area contributed by atoms with Crippen LogP contribution in [0.1, 0.15) is 38.8 Å². The van der Waals surface area contributed by atoms with Gasteiger partial charge in [0, 0.05) is 23.6 Å². The lowest BCUT2D eigenvalue weighted by Crippen LogP contribution is -2.14. The average Bonchev–Trinajstić information content (AvgIpc) is 3.25. The monoisotopic (exact) mass is 346 g/mol. The van der Waals surface area contributed by atoms with Crippen LogP contribution < -0.4 is 5.32 Å². The molecule has 0 saturated heterocycles.